The van der Waals surface area contributed by atoms with Gasteiger partial charge in [-0.05, 0) is 114 Å². The summed E-state index contributed by atoms with van der Waals surface area (Å²) in [4.78, 5) is 10.8. The molecule has 2 aliphatic rings. The van der Waals surface area contributed by atoms with Gasteiger partial charge in [0.25, 0.3) is 0 Å². The predicted molar refractivity (Wildman–Crippen MR) is 254 cm³/mol. The zero-order valence-corrected chi connectivity index (χ0v) is 34.4. The third kappa shape index (κ3) is 5.28. The molecule has 1 unspecified atom stereocenters. The lowest BCUT2D eigenvalue weighted by Crippen LogP contribution is -2.23. The average Bonchev–Trinajstić information content (AvgIpc) is 3.71. The molecule has 0 aliphatic heterocycles. The van der Waals surface area contributed by atoms with Gasteiger partial charge in [0, 0.05) is 27.5 Å². The normalized spacial score (nSPS) is 15.7. The zero-order chi connectivity index (χ0) is 40.9. The van der Waals surface area contributed by atoms with E-state index < -0.39 is 0 Å². The van der Waals surface area contributed by atoms with E-state index in [0.717, 1.165) is 33.5 Å². The van der Waals surface area contributed by atoms with Crippen LogP contribution in [0.1, 0.15) is 48.6 Å². The summed E-state index contributed by atoms with van der Waals surface area (Å²) in [6.45, 7) is 7.10. The van der Waals surface area contributed by atoms with Gasteiger partial charge in [0.05, 0.1) is 11.4 Å². The number of aromatic nitrogens is 2. The molecule has 2 aliphatic carbocycles. The van der Waals surface area contributed by atoms with Crippen molar-refractivity contribution in [2.24, 2.45) is 0 Å². The molecular formula is C59H42N2. The molecule has 0 saturated carbocycles. The van der Waals surface area contributed by atoms with Crippen molar-refractivity contribution in [3.05, 3.63) is 228 Å². The van der Waals surface area contributed by atoms with Crippen molar-refractivity contribution in [1.82, 2.24) is 9.97 Å². The van der Waals surface area contributed by atoms with E-state index in [1.54, 1.807) is 0 Å². The van der Waals surface area contributed by atoms with Crippen LogP contribution >= 0.6 is 0 Å². The smallest absolute Gasteiger partial charge is 0.160 e. The molecule has 12 rings (SSSR count). The Morgan fingerprint density at radius 3 is 1.72 bits per heavy atom. The largest absolute Gasteiger partial charge is 0.228 e. The van der Waals surface area contributed by atoms with Gasteiger partial charge in [0.15, 0.2) is 5.82 Å². The minimum Gasteiger partial charge on any atom is -0.228 e. The number of fused-ring (bicyclic) bond motifs is 8. The second-order valence-electron chi connectivity index (χ2n) is 17.4. The Morgan fingerprint density at radius 1 is 0.344 bits per heavy atom. The Labute approximate surface area is 356 Å². The predicted octanol–water partition coefficient (Wildman–Crippen LogP) is 15.1. The molecule has 10 aromatic rings. The Bertz CT molecular complexity index is 3400. The van der Waals surface area contributed by atoms with Crippen molar-refractivity contribution in [2.75, 3.05) is 0 Å². The van der Waals surface area contributed by atoms with Gasteiger partial charge in [-0.15, -0.1) is 0 Å². The van der Waals surface area contributed by atoms with Crippen molar-refractivity contribution in [3.63, 3.8) is 0 Å². The standard InChI is InChI=1S/C59H42N2/c1-58(2)51-32-29-40(34-49(51)50-33-38-19-10-11-20-39(38)35-53(50)58)42-30-31-46(44-24-13-12-23-43(42)44)54-36-55(61-57(60-54)37-17-6-4-7-18-37)48-27-16-26-47-45-25-14-15-28-52(45)59(3,56(47)48)41-21-8-5-9-22-41/h4-36H,1-3H3. The first-order valence-corrected chi connectivity index (χ1v) is 21.3. The van der Waals surface area contributed by atoms with Crippen LogP contribution in [0.3, 0.4) is 0 Å². The highest BCUT2D eigenvalue weighted by molar-refractivity contribution is 6.06. The molecule has 9 aromatic carbocycles. The third-order valence-electron chi connectivity index (χ3n) is 13.8. The topological polar surface area (TPSA) is 25.8 Å². The van der Waals surface area contributed by atoms with Gasteiger partial charge in [-0.2, -0.15) is 0 Å². The number of rotatable bonds is 5. The summed E-state index contributed by atoms with van der Waals surface area (Å²) in [6, 6.07) is 73.2. The van der Waals surface area contributed by atoms with Gasteiger partial charge >= 0.3 is 0 Å². The van der Waals surface area contributed by atoms with E-state index in [1.807, 2.05) is 6.07 Å². The summed E-state index contributed by atoms with van der Waals surface area (Å²) in [5.74, 6) is 0.711. The van der Waals surface area contributed by atoms with E-state index >= 15 is 0 Å². The molecule has 1 aromatic heterocycles. The van der Waals surface area contributed by atoms with Crippen LogP contribution in [0.4, 0.5) is 0 Å². The van der Waals surface area contributed by atoms with E-state index in [-0.39, 0.29) is 10.8 Å². The van der Waals surface area contributed by atoms with Crippen molar-refractivity contribution in [1.29, 1.82) is 0 Å². The second kappa shape index (κ2) is 13.3. The van der Waals surface area contributed by atoms with E-state index in [9.17, 15) is 0 Å². The third-order valence-corrected chi connectivity index (χ3v) is 13.8. The van der Waals surface area contributed by atoms with Gasteiger partial charge in [-0.3, -0.25) is 0 Å². The highest BCUT2D eigenvalue weighted by atomic mass is 14.9. The molecule has 0 radical (unpaired) electrons. The highest BCUT2D eigenvalue weighted by Gasteiger charge is 2.43. The minimum atomic E-state index is -0.380. The van der Waals surface area contributed by atoms with Crippen molar-refractivity contribution in [2.45, 2.75) is 31.6 Å². The number of hydrogen-bond acceptors (Lipinski definition) is 2. The monoisotopic (exact) mass is 778 g/mol. The molecule has 0 saturated heterocycles. The Kier molecular flexibility index (Phi) is 7.74. The Morgan fingerprint density at radius 2 is 0.934 bits per heavy atom. The van der Waals surface area contributed by atoms with Gasteiger partial charge in [-0.25, -0.2) is 9.97 Å². The van der Waals surface area contributed by atoms with Crippen LogP contribution in [0.25, 0.3) is 88.8 Å². The maximum atomic E-state index is 5.42. The van der Waals surface area contributed by atoms with Crippen LogP contribution in [0.15, 0.2) is 200 Å². The summed E-state index contributed by atoms with van der Waals surface area (Å²) in [7, 11) is 0. The zero-order valence-electron chi connectivity index (χ0n) is 34.4. The van der Waals surface area contributed by atoms with E-state index in [4.69, 9.17) is 9.97 Å². The average molecular weight is 779 g/mol. The molecule has 2 heteroatoms. The lowest BCUT2D eigenvalue weighted by atomic mass is 9.72. The van der Waals surface area contributed by atoms with Crippen LogP contribution in [0.2, 0.25) is 0 Å². The molecule has 0 amide bonds. The molecule has 288 valence electrons. The fourth-order valence-electron chi connectivity index (χ4n) is 10.7. The van der Waals surface area contributed by atoms with Crippen molar-refractivity contribution >= 4 is 21.5 Å². The minimum absolute atomic E-state index is 0.0828. The van der Waals surface area contributed by atoms with E-state index in [0.29, 0.717) is 5.82 Å². The number of benzene rings is 9. The Hall–Kier alpha value is -7.42. The summed E-state index contributed by atoms with van der Waals surface area (Å²) >= 11 is 0. The van der Waals surface area contributed by atoms with Gasteiger partial charge in [0.2, 0.25) is 0 Å². The van der Waals surface area contributed by atoms with Gasteiger partial charge in [-0.1, -0.05) is 190 Å². The second-order valence-corrected chi connectivity index (χ2v) is 17.4. The lowest BCUT2D eigenvalue weighted by molar-refractivity contribution is 0.661. The summed E-state index contributed by atoms with van der Waals surface area (Å²) < 4.78 is 0. The van der Waals surface area contributed by atoms with Gasteiger partial charge < -0.3 is 0 Å². The van der Waals surface area contributed by atoms with Crippen molar-refractivity contribution < 1.29 is 0 Å². The van der Waals surface area contributed by atoms with Crippen LogP contribution in [0, 0.1) is 0 Å². The summed E-state index contributed by atoms with van der Waals surface area (Å²) in [5.41, 5.74) is 18.8. The first kappa shape index (κ1) is 35.5. The van der Waals surface area contributed by atoms with Crippen LogP contribution in [-0.4, -0.2) is 9.97 Å². The van der Waals surface area contributed by atoms with Crippen LogP contribution in [0.5, 0.6) is 0 Å². The van der Waals surface area contributed by atoms with Crippen LogP contribution in [-0.2, 0) is 10.8 Å². The summed E-state index contributed by atoms with van der Waals surface area (Å²) in [6.07, 6.45) is 0. The highest BCUT2D eigenvalue weighted by Crippen LogP contribution is 2.56. The first-order valence-electron chi connectivity index (χ1n) is 21.3. The van der Waals surface area contributed by atoms with E-state index in [1.165, 1.54) is 77.4 Å². The first-order chi connectivity index (χ1) is 29.9. The molecule has 0 bridgehead atoms. The molecule has 2 nitrogen and oxygen atoms in total. The van der Waals surface area contributed by atoms with Gasteiger partial charge in [0.1, 0.15) is 0 Å². The molecule has 61 heavy (non-hydrogen) atoms. The summed E-state index contributed by atoms with van der Waals surface area (Å²) in [5, 5.41) is 4.93. The SMILES string of the molecule is CC1(C)c2ccc(-c3ccc(-c4cc(-c5cccc6c5C(C)(c5ccccc5)c5ccccc5-6)nc(-c5ccccc5)n4)c4ccccc34)cc2-c2cc3ccccc3cc21. The molecule has 0 fully saturated rings. The maximum absolute atomic E-state index is 5.42. The fourth-order valence-corrected chi connectivity index (χ4v) is 10.7. The van der Waals surface area contributed by atoms with E-state index in [2.05, 4.69) is 215 Å². The molecule has 0 spiro atoms. The maximum Gasteiger partial charge on any atom is 0.160 e. The Balaban J connectivity index is 1.05. The number of nitrogens with zero attached hydrogens (tertiary/aromatic N) is 2. The molecule has 1 atom stereocenters. The van der Waals surface area contributed by atoms with Crippen LogP contribution < -0.4 is 0 Å². The number of hydrogen-bond donors (Lipinski definition) is 0. The molecular weight excluding hydrogens is 737 g/mol. The quantitative estimate of drug-likeness (QED) is 0.174. The van der Waals surface area contributed by atoms with Crippen molar-refractivity contribution in [3.8, 4) is 67.3 Å². The molecule has 1 heterocycles. The fraction of sp³-hybridized carbons (Fsp3) is 0.0847. The molecule has 0 N–H and O–H groups in total. The lowest BCUT2D eigenvalue weighted by Gasteiger charge is -2.30.